The van der Waals surface area contributed by atoms with Crippen LogP contribution in [0.25, 0.3) is 10.2 Å². The fraction of sp³-hybridized carbons (Fsp3) is 0.467. The van der Waals surface area contributed by atoms with Crippen LogP contribution in [0, 0.1) is 5.92 Å². The normalized spacial score (nSPS) is 11.0. The average molecular weight is 324 g/mol. The van der Waals surface area contributed by atoms with Crippen LogP contribution in [0.4, 0.5) is 9.93 Å². The van der Waals surface area contributed by atoms with Gasteiger partial charge in [-0.15, -0.1) is 11.8 Å². The van der Waals surface area contributed by atoms with Crippen LogP contribution in [0.15, 0.2) is 23.1 Å². The molecular weight excluding hydrogens is 304 g/mol. The second-order valence-corrected chi connectivity index (χ2v) is 7.24. The van der Waals surface area contributed by atoms with E-state index in [1.54, 1.807) is 0 Å². The third-order valence-electron chi connectivity index (χ3n) is 2.59. The van der Waals surface area contributed by atoms with Crippen molar-refractivity contribution >= 4 is 44.5 Å². The van der Waals surface area contributed by atoms with Gasteiger partial charge in [0.05, 0.1) is 16.8 Å². The van der Waals surface area contributed by atoms with Crippen molar-refractivity contribution in [1.29, 1.82) is 0 Å². The zero-order valence-electron chi connectivity index (χ0n) is 12.5. The number of nitrogens with one attached hydrogen (secondary N) is 1. The second kappa shape index (κ2) is 7.66. The number of fused-ring (bicyclic) bond motifs is 1. The number of carbonyl (C=O) groups excluding carboxylic acids is 1. The van der Waals surface area contributed by atoms with Crippen LogP contribution in [-0.2, 0) is 4.74 Å². The van der Waals surface area contributed by atoms with Crippen LogP contribution in [0.2, 0.25) is 0 Å². The molecule has 21 heavy (non-hydrogen) atoms. The lowest BCUT2D eigenvalue weighted by Crippen LogP contribution is -2.13. The molecular formula is C15H20N2O2S2. The molecule has 2 rings (SSSR count). The van der Waals surface area contributed by atoms with Gasteiger partial charge in [0, 0.05) is 10.6 Å². The van der Waals surface area contributed by atoms with Crippen molar-refractivity contribution in [3.63, 3.8) is 0 Å². The highest BCUT2D eigenvalue weighted by atomic mass is 32.2. The van der Waals surface area contributed by atoms with Gasteiger partial charge in [-0.3, -0.25) is 5.32 Å². The van der Waals surface area contributed by atoms with E-state index in [-0.39, 0.29) is 0 Å². The molecule has 0 aliphatic rings. The van der Waals surface area contributed by atoms with Crippen LogP contribution in [0.5, 0.6) is 0 Å². The standard InChI is InChI=1S/C15H20N2O2S2/c1-4-7-19-15(18)17-14-16-12-6-5-11(8-13(12)21-14)20-9-10(2)3/h5-6,8,10H,4,7,9H2,1-3H3,(H,16,17,18). The zero-order chi connectivity index (χ0) is 15.2. The van der Waals surface area contributed by atoms with Crippen molar-refractivity contribution in [1.82, 2.24) is 4.98 Å². The molecule has 1 aromatic carbocycles. The summed E-state index contributed by atoms with van der Waals surface area (Å²) in [7, 11) is 0. The Balaban J connectivity index is 2.05. The van der Waals surface area contributed by atoms with Gasteiger partial charge in [0.15, 0.2) is 5.13 Å². The minimum atomic E-state index is -0.440. The summed E-state index contributed by atoms with van der Waals surface area (Å²) in [6.45, 7) is 6.80. The van der Waals surface area contributed by atoms with Gasteiger partial charge in [0.2, 0.25) is 0 Å². The molecule has 0 saturated carbocycles. The first-order chi connectivity index (χ1) is 10.1. The van der Waals surface area contributed by atoms with E-state index in [0.29, 0.717) is 17.7 Å². The molecule has 0 atom stereocenters. The maximum absolute atomic E-state index is 11.5. The van der Waals surface area contributed by atoms with Crippen molar-refractivity contribution < 1.29 is 9.53 Å². The van der Waals surface area contributed by atoms with Gasteiger partial charge in [-0.1, -0.05) is 32.1 Å². The molecule has 1 N–H and O–H groups in total. The van der Waals surface area contributed by atoms with E-state index in [4.69, 9.17) is 4.74 Å². The Hall–Kier alpha value is -1.27. The van der Waals surface area contributed by atoms with Crippen molar-refractivity contribution in [3.8, 4) is 0 Å². The first kappa shape index (κ1) is 16.1. The predicted octanol–water partition coefficient (Wildman–Crippen LogP) is 5.00. The van der Waals surface area contributed by atoms with E-state index in [1.807, 2.05) is 24.8 Å². The molecule has 1 amide bonds. The highest BCUT2D eigenvalue weighted by Crippen LogP contribution is 2.30. The molecule has 0 aliphatic carbocycles. The summed E-state index contributed by atoms with van der Waals surface area (Å²) >= 11 is 3.32. The first-order valence-corrected chi connectivity index (χ1v) is 8.86. The fourth-order valence-electron chi connectivity index (χ4n) is 1.63. The third kappa shape index (κ3) is 4.89. The van der Waals surface area contributed by atoms with Crippen LogP contribution >= 0.6 is 23.1 Å². The van der Waals surface area contributed by atoms with Gasteiger partial charge >= 0.3 is 6.09 Å². The summed E-state index contributed by atoms with van der Waals surface area (Å²) in [4.78, 5) is 17.2. The molecule has 0 bridgehead atoms. The molecule has 6 heteroatoms. The average Bonchev–Trinajstić information content (AvgIpc) is 2.84. The van der Waals surface area contributed by atoms with Crippen LogP contribution < -0.4 is 5.32 Å². The molecule has 4 nitrogen and oxygen atoms in total. The second-order valence-electron chi connectivity index (χ2n) is 5.11. The molecule has 0 fully saturated rings. The smallest absolute Gasteiger partial charge is 0.413 e. The number of nitrogens with zero attached hydrogens (tertiary/aromatic N) is 1. The SMILES string of the molecule is CCCOC(=O)Nc1nc2ccc(SCC(C)C)cc2s1. The summed E-state index contributed by atoms with van der Waals surface area (Å²) < 4.78 is 6.07. The highest BCUT2D eigenvalue weighted by Gasteiger charge is 2.09. The van der Waals surface area contributed by atoms with E-state index >= 15 is 0 Å². The molecule has 0 aliphatic heterocycles. The number of amides is 1. The molecule has 2 aromatic rings. The Bertz CT molecular complexity index is 611. The Labute approximate surface area is 133 Å². The number of aromatic nitrogens is 1. The van der Waals surface area contributed by atoms with Crippen molar-refractivity contribution in [2.75, 3.05) is 17.7 Å². The minimum absolute atomic E-state index is 0.423. The van der Waals surface area contributed by atoms with Crippen LogP contribution in [0.3, 0.4) is 0 Å². The van der Waals surface area contributed by atoms with Gasteiger partial charge in [-0.05, 0) is 30.5 Å². The number of thiazole rings is 1. The van der Waals surface area contributed by atoms with Gasteiger partial charge in [0.1, 0.15) is 0 Å². The lowest BCUT2D eigenvalue weighted by atomic mass is 10.3. The van der Waals surface area contributed by atoms with E-state index in [2.05, 4.69) is 36.3 Å². The summed E-state index contributed by atoms with van der Waals surface area (Å²) in [5, 5.41) is 3.26. The number of rotatable bonds is 6. The number of thioether (sulfide) groups is 1. The molecule has 0 unspecified atom stereocenters. The number of hydrogen-bond donors (Lipinski definition) is 1. The van der Waals surface area contributed by atoms with Gasteiger partial charge in [0.25, 0.3) is 0 Å². The lowest BCUT2D eigenvalue weighted by Gasteiger charge is -2.03. The largest absolute Gasteiger partial charge is 0.449 e. The first-order valence-electron chi connectivity index (χ1n) is 7.05. The monoisotopic (exact) mass is 324 g/mol. The van der Waals surface area contributed by atoms with E-state index in [0.717, 1.165) is 22.4 Å². The number of ether oxygens (including phenoxy) is 1. The summed E-state index contributed by atoms with van der Waals surface area (Å²) in [6.07, 6.45) is 0.370. The number of benzene rings is 1. The molecule has 0 saturated heterocycles. The van der Waals surface area contributed by atoms with Gasteiger partial charge in [-0.2, -0.15) is 0 Å². The van der Waals surface area contributed by atoms with Crippen molar-refractivity contribution in [2.24, 2.45) is 5.92 Å². The highest BCUT2D eigenvalue weighted by molar-refractivity contribution is 7.99. The number of hydrogen-bond acceptors (Lipinski definition) is 5. The molecule has 0 spiro atoms. The van der Waals surface area contributed by atoms with Crippen molar-refractivity contribution in [3.05, 3.63) is 18.2 Å². The number of carbonyl (C=O) groups is 1. The summed E-state index contributed by atoms with van der Waals surface area (Å²) in [6, 6.07) is 6.20. The Morgan fingerprint density at radius 1 is 1.48 bits per heavy atom. The topological polar surface area (TPSA) is 51.2 Å². The Kier molecular flexibility index (Phi) is 5.87. The molecule has 114 valence electrons. The predicted molar refractivity (Wildman–Crippen MR) is 90.4 cm³/mol. The van der Waals surface area contributed by atoms with E-state index in [1.165, 1.54) is 16.2 Å². The third-order valence-corrected chi connectivity index (χ3v) is 4.94. The minimum Gasteiger partial charge on any atom is -0.449 e. The van der Waals surface area contributed by atoms with E-state index < -0.39 is 6.09 Å². The van der Waals surface area contributed by atoms with Crippen molar-refractivity contribution in [2.45, 2.75) is 32.1 Å². The fourth-order valence-corrected chi connectivity index (χ4v) is 3.49. The number of anilines is 1. The quantitative estimate of drug-likeness (QED) is 0.759. The molecule has 1 heterocycles. The summed E-state index contributed by atoms with van der Waals surface area (Å²) in [5.74, 6) is 1.76. The lowest BCUT2D eigenvalue weighted by molar-refractivity contribution is 0.161. The van der Waals surface area contributed by atoms with E-state index in [9.17, 15) is 4.79 Å². The zero-order valence-corrected chi connectivity index (χ0v) is 14.1. The van der Waals surface area contributed by atoms with Crippen LogP contribution in [0.1, 0.15) is 27.2 Å². The van der Waals surface area contributed by atoms with Gasteiger partial charge in [-0.25, -0.2) is 9.78 Å². The molecule has 0 radical (unpaired) electrons. The molecule has 1 aromatic heterocycles. The maximum atomic E-state index is 11.5. The van der Waals surface area contributed by atoms with Crippen LogP contribution in [-0.4, -0.2) is 23.4 Å². The van der Waals surface area contributed by atoms with Gasteiger partial charge < -0.3 is 4.74 Å². The Morgan fingerprint density at radius 3 is 3.00 bits per heavy atom. The Morgan fingerprint density at radius 2 is 2.29 bits per heavy atom. The summed E-state index contributed by atoms with van der Waals surface area (Å²) in [5.41, 5.74) is 0.902. The maximum Gasteiger partial charge on any atom is 0.413 e.